The quantitative estimate of drug-likeness (QED) is 0.486. The van der Waals surface area contributed by atoms with E-state index in [1.165, 1.54) is 5.56 Å². The topological polar surface area (TPSA) is 51.2 Å². The van der Waals surface area contributed by atoms with Crippen molar-refractivity contribution in [2.24, 2.45) is 0 Å². The highest BCUT2D eigenvalue weighted by Crippen LogP contribution is 2.25. The van der Waals surface area contributed by atoms with Crippen LogP contribution in [0.2, 0.25) is 0 Å². The van der Waals surface area contributed by atoms with E-state index in [-0.39, 0.29) is 12.3 Å². The molecular formula is C24H22N2O2S. The highest BCUT2D eigenvalue weighted by molar-refractivity contribution is 7.13. The number of carbonyl (C=O) groups excluding carboxylic acids is 1. The SMILES string of the molecule is COc1ccc2cc(CNC(=O)Cc3csc(-c4cccc(C)c4)n3)ccc2c1. The van der Waals surface area contributed by atoms with Crippen LogP contribution in [-0.4, -0.2) is 18.0 Å². The van der Waals surface area contributed by atoms with Crippen LogP contribution in [0.25, 0.3) is 21.3 Å². The highest BCUT2D eigenvalue weighted by Gasteiger charge is 2.09. The van der Waals surface area contributed by atoms with Gasteiger partial charge >= 0.3 is 0 Å². The first-order valence-electron chi connectivity index (χ1n) is 9.45. The molecule has 4 rings (SSSR count). The normalized spacial score (nSPS) is 10.8. The number of thiazole rings is 1. The third-order valence-corrected chi connectivity index (χ3v) is 5.70. The minimum Gasteiger partial charge on any atom is -0.497 e. The number of hydrogen-bond acceptors (Lipinski definition) is 4. The summed E-state index contributed by atoms with van der Waals surface area (Å²) in [5, 5.41) is 8.14. The number of methoxy groups -OCH3 is 1. The zero-order valence-electron chi connectivity index (χ0n) is 16.4. The Morgan fingerprint density at radius 3 is 2.72 bits per heavy atom. The van der Waals surface area contributed by atoms with Gasteiger partial charge in [0.15, 0.2) is 0 Å². The van der Waals surface area contributed by atoms with Crippen molar-refractivity contribution in [3.05, 3.63) is 82.9 Å². The summed E-state index contributed by atoms with van der Waals surface area (Å²) in [5.41, 5.74) is 4.16. The fourth-order valence-electron chi connectivity index (χ4n) is 3.24. The van der Waals surface area contributed by atoms with Crippen molar-refractivity contribution in [3.63, 3.8) is 0 Å². The predicted molar refractivity (Wildman–Crippen MR) is 118 cm³/mol. The Bertz CT molecular complexity index is 1170. The molecule has 1 heterocycles. The van der Waals surface area contributed by atoms with Gasteiger partial charge in [0.1, 0.15) is 10.8 Å². The Balaban J connectivity index is 1.37. The highest BCUT2D eigenvalue weighted by atomic mass is 32.1. The molecule has 0 bridgehead atoms. The summed E-state index contributed by atoms with van der Waals surface area (Å²) in [7, 11) is 1.66. The molecule has 0 spiro atoms. The lowest BCUT2D eigenvalue weighted by Gasteiger charge is -2.07. The third-order valence-electron chi connectivity index (χ3n) is 4.76. The largest absolute Gasteiger partial charge is 0.497 e. The average Bonchev–Trinajstić information content (AvgIpc) is 3.20. The van der Waals surface area contributed by atoms with E-state index >= 15 is 0 Å². The van der Waals surface area contributed by atoms with Gasteiger partial charge < -0.3 is 10.1 Å². The number of ether oxygens (including phenoxy) is 1. The first-order valence-corrected chi connectivity index (χ1v) is 10.3. The fraction of sp³-hybridized carbons (Fsp3) is 0.167. The molecule has 0 saturated heterocycles. The first-order chi connectivity index (χ1) is 14.1. The molecule has 146 valence electrons. The number of amides is 1. The van der Waals surface area contributed by atoms with Gasteiger partial charge in [-0.05, 0) is 47.5 Å². The van der Waals surface area contributed by atoms with Crippen LogP contribution in [-0.2, 0) is 17.8 Å². The zero-order chi connectivity index (χ0) is 20.2. The Hall–Kier alpha value is -3.18. The number of hydrogen-bond donors (Lipinski definition) is 1. The second kappa shape index (κ2) is 8.45. The Labute approximate surface area is 174 Å². The molecule has 0 unspecified atom stereocenters. The maximum Gasteiger partial charge on any atom is 0.226 e. The summed E-state index contributed by atoms with van der Waals surface area (Å²) < 4.78 is 5.26. The van der Waals surface area contributed by atoms with Gasteiger partial charge in [-0.2, -0.15) is 0 Å². The second-order valence-electron chi connectivity index (χ2n) is 7.01. The Morgan fingerprint density at radius 1 is 1.07 bits per heavy atom. The van der Waals surface area contributed by atoms with E-state index in [0.29, 0.717) is 6.54 Å². The van der Waals surface area contributed by atoms with Gasteiger partial charge in [0.2, 0.25) is 5.91 Å². The lowest BCUT2D eigenvalue weighted by Crippen LogP contribution is -2.24. The number of aromatic nitrogens is 1. The molecule has 29 heavy (non-hydrogen) atoms. The number of nitrogens with zero attached hydrogens (tertiary/aromatic N) is 1. The van der Waals surface area contributed by atoms with Gasteiger partial charge in [-0.1, -0.05) is 42.0 Å². The maximum absolute atomic E-state index is 12.4. The van der Waals surface area contributed by atoms with Crippen molar-refractivity contribution in [3.8, 4) is 16.3 Å². The predicted octanol–water partition coefficient (Wildman–Crippen LogP) is 5.14. The second-order valence-corrected chi connectivity index (χ2v) is 7.87. The average molecular weight is 403 g/mol. The van der Waals surface area contributed by atoms with Crippen molar-refractivity contribution in [1.29, 1.82) is 0 Å². The van der Waals surface area contributed by atoms with Gasteiger partial charge in [0.05, 0.1) is 19.2 Å². The van der Waals surface area contributed by atoms with E-state index in [0.717, 1.165) is 38.4 Å². The molecule has 1 aromatic heterocycles. The summed E-state index contributed by atoms with van der Waals surface area (Å²) in [6.07, 6.45) is 0.285. The Morgan fingerprint density at radius 2 is 1.90 bits per heavy atom. The van der Waals surface area contributed by atoms with E-state index in [1.54, 1.807) is 18.4 Å². The molecule has 0 atom stereocenters. The van der Waals surface area contributed by atoms with Crippen LogP contribution in [0, 0.1) is 6.92 Å². The van der Waals surface area contributed by atoms with Gasteiger partial charge in [0.25, 0.3) is 0 Å². The van der Waals surface area contributed by atoms with E-state index in [1.807, 2.05) is 47.8 Å². The molecule has 5 heteroatoms. The van der Waals surface area contributed by atoms with Crippen LogP contribution in [0.1, 0.15) is 16.8 Å². The van der Waals surface area contributed by atoms with Crippen molar-refractivity contribution < 1.29 is 9.53 Å². The number of rotatable bonds is 6. The first kappa shape index (κ1) is 19.2. The van der Waals surface area contributed by atoms with Crippen LogP contribution in [0.5, 0.6) is 5.75 Å². The number of benzene rings is 3. The van der Waals surface area contributed by atoms with E-state index in [4.69, 9.17) is 4.74 Å². The van der Waals surface area contributed by atoms with Gasteiger partial charge in [-0.15, -0.1) is 11.3 Å². The van der Waals surface area contributed by atoms with Crippen molar-refractivity contribution in [2.45, 2.75) is 19.9 Å². The van der Waals surface area contributed by atoms with Crippen LogP contribution < -0.4 is 10.1 Å². The molecule has 1 N–H and O–H groups in total. The monoisotopic (exact) mass is 402 g/mol. The lowest BCUT2D eigenvalue weighted by molar-refractivity contribution is -0.120. The molecule has 0 radical (unpaired) electrons. The molecule has 4 nitrogen and oxygen atoms in total. The summed E-state index contributed by atoms with van der Waals surface area (Å²) in [6.45, 7) is 2.56. The Kier molecular flexibility index (Phi) is 5.58. The molecule has 3 aromatic carbocycles. The zero-order valence-corrected chi connectivity index (χ0v) is 17.3. The molecule has 0 saturated carbocycles. The van der Waals surface area contributed by atoms with E-state index in [2.05, 4.69) is 35.4 Å². The molecule has 1 amide bonds. The van der Waals surface area contributed by atoms with Gasteiger partial charge in [0, 0.05) is 17.5 Å². The molecule has 0 aliphatic heterocycles. The molecule has 0 aliphatic carbocycles. The van der Waals surface area contributed by atoms with Crippen molar-refractivity contribution >= 4 is 28.0 Å². The summed E-state index contributed by atoms with van der Waals surface area (Å²) >= 11 is 1.57. The number of nitrogens with one attached hydrogen (secondary N) is 1. The molecule has 0 fully saturated rings. The maximum atomic E-state index is 12.4. The minimum absolute atomic E-state index is 0.0269. The van der Waals surface area contributed by atoms with E-state index in [9.17, 15) is 4.79 Å². The van der Waals surface area contributed by atoms with Crippen LogP contribution in [0.4, 0.5) is 0 Å². The fourth-order valence-corrected chi connectivity index (χ4v) is 4.05. The molecule has 4 aromatic rings. The van der Waals surface area contributed by atoms with Crippen LogP contribution >= 0.6 is 11.3 Å². The minimum atomic E-state index is -0.0269. The third kappa shape index (κ3) is 4.63. The number of aryl methyl sites for hydroxylation is 1. The smallest absolute Gasteiger partial charge is 0.226 e. The summed E-state index contributed by atoms with van der Waals surface area (Å²) in [5.74, 6) is 0.813. The van der Waals surface area contributed by atoms with Gasteiger partial charge in [-0.3, -0.25) is 4.79 Å². The van der Waals surface area contributed by atoms with Gasteiger partial charge in [-0.25, -0.2) is 4.98 Å². The standard InChI is InChI=1S/C24H22N2O2S/c1-16-4-3-5-20(10-16)24-26-21(15-29-24)13-23(27)25-14-17-6-7-19-12-22(28-2)9-8-18(19)11-17/h3-12,15H,13-14H2,1-2H3,(H,25,27). The molecule has 0 aliphatic rings. The lowest BCUT2D eigenvalue weighted by atomic mass is 10.1. The van der Waals surface area contributed by atoms with Crippen LogP contribution in [0.15, 0.2) is 66.0 Å². The van der Waals surface area contributed by atoms with E-state index < -0.39 is 0 Å². The van der Waals surface area contributed by atoms with Crippen LogP contribution in [0.3, 0.4) is 0 Å². The molecular weight excluding hydrogens is 380 g/mol. The number of carbonyl (C=O) groups is 1. The summed E-state index contributed by atoms with van der Waals surface area (Å²) in [6, 6.07) is 20.4. The van der Waals surface area contributed by atoms with Crippen molar-refractivity contribution in [1.82, 2.24) is 10.3 Å². The summed E-state index contributed by atoms with van der Waals surface area (Å²) in [4.78, 5) is 17.0. The number of fused-ring (bicyclic) bond motifs is 1. The van der Waals surface area contributed by atoms with Crippen molar-refractivity contribution in [2.75, 3.05) is 7.11 Å².